The number of aliphatic hydroxyl groups excluding tert-OH is 1. The Labute approximate surface area is 216 Å². The Hall–Kier alpha value is -2.15. The zero-order valence-electron chi connectivity index (χ0n) is 22.6. The molecule has 8 atom stereocenters. The molecule has 0 spiro atoms. The molecule has 0 bridgehead atoms. The molecule has 0 aromatic heterocycles. The van der Waals surface area contributed by atoms with E-state index < -0.39 is 18.2 Å². The van der Waals surface area contributed by atoms with E-state index in [1.807, 2.05) is 13.8 Å². The predicted octanol–water partition coefficient (Wildman–Crippen LogP) is 4.48. The zero-order chi connectivity index (χ0) is 26.4. The summed E-state index contributed by atoms with van der Waals surface area (Å²) in [5.41, 5.74) is 1.22. The number of amides is 1. The minimum absolute atomic E-state index is 0.0662. The molecule has 0 radical (unpaired) electrons. The smallest absolute Gasteiger partial charge is 0.308 e. The van der Waals surface area contributed by atoms with Gasteiger partial charge < -0.3 is 19.9 Å². The fourth-order valence-electron chi connectivity index (χ4n) is 5.59. The van der Waals surface area contributed by atoms with E-state index in [1.165, 1.54) is 12.5 Å². The van der Waals surface area contributed by atoms with Crippen LogP contribution in [0.3, 0.4) is 0 Å². The zero-order valence-corrected chi connectivity index (χ0v) is 22.6. The quantitative estimate of drug-likeness (QED) is 0.381. The number of allylic oxidation sites excluding steroid dienone is 3. The van der Waals surface area contributed by atoms with E-state index >= 15 is 0 Å². The molecule has 0 heterocycles. The van der Waals surface area contributed by atoms with Crippen molar-refractivity contribution in [1.29, 1.82) is 0 Å². The Morgan fingerprint density at radius 1 is 1.22 bits per heavy atom. The van der Waals surface area contributed by atoms with Crippen LogP contribution in [0, 0.1) is 29.6 Å². The fourth-order valence-corrected chi connectivity index (χ4v) is 5.59. The van der Waals surface area contributed by atoms with Crippen molar-refractivity contribution in [3.63, 3.8) is 0 Å². The summed E-state index contributed by atoms with van der Waals surface area (Å²) < 4.78 is 11.4. The Morgan fingerprint density at radius 3 is 2.58 bits per heavy atom. The van der Waals surface area contributed by atoms with E-state index in [4.69, 9.17) is 9.47 Å². The number of nitrogens with one attached hydrogen (secondary N) is 1. The maximum atomic E-state index is 12.7. The molecule has 202 valence electrons. The van der Waals surface area contributed by atoms with Crippen LogP contribution in [0.2, 0.25) is 0 Å². The Morgan fingerprint density at radius 2 is 1.94 bits per heavy atom. The van der Waals surface area contributed by atoms with Gasteiger partial charge in [0, 0.05) is 25.3 Å². The van der Waals surface area contributed by atoms with Crippen LogP contribution in [-0.4, -0.2) is 47.3 Å². The van der Waals surface area contributed by atoms with Crippen molar-refractivity contribution in [1.82, 2.24) is 5.32 Å². The molecule has 7 nitrogen and oxygen atoms in total. The first-order valence-electron chi connectivity index (χ1n) is 13.8. The summed E-state index contributed by atoms with van der Waals surface area (Å²) in [6, 6.07) is 0.240. The normalized spacial score (nSPS) is 29.8. The van der Waals surface area contributed by atoms with Gasteiger partial charge in [0.1, 0.15) is 12.2 Å². The van der Waals surface area contributed by atoms with E-state index in [-0.39, 0.29) is 60.5 Å². The molecule has 7 heteroatoms. The SMILES string of the molecule is CCC(C)C(=O)OC1CC(C)C=C2C=CC(C)C(CCC(O)CC(CC(=O)NC3CC3)OC(C)=O)C21. The number of hydrogen-bond donors (Lipinski definition) is 2. The first-order chi connectivity index (χ1) is 17.1. The molecule has 1 fully saturated rings. The van der Waals surface area contributed by atoms with Crippen molar-refractivity contribution in [2.75, 3.05) is 0 Å². The van der Waals surface area contributed by atoms with Gasteiger partial charge in [0.15, 0.2) is 0 Å². The first kappa shape index (κ1) is 28.4. The number of hydrogen-bond acceptors (Lipinski definition) is 6. The summed E-state index contributed by atoms with van der Waals surface area (Å²) in [7, 11) is 0. The summed E-state index contributed by atoms with van der Waals surface area (Å²) in [5, 5.41) is 13.8. The Bertz CT molecular complexity index is 847. The van der Waals surface area contributed by atoms with Crippen molar-refractivity contribution in [3.8, 4) is 0 Å². The van der Waals surface area contributed by atoms with Crippen LogP contribution in [-0.2, 0) is 23.9 Å². The molecule has 3 aliphatic rings. The second-order valence-corrected chi connectivity index (χ2v) is 11.3. The highest BCUT2D eigenvalue weighted by Gasteiger charge is 2.41. The average Bonchev–Trinajstić information content (AvgIpc) is 3.61. The number of carbonyl (C=O) groups excluding carboxylic acids is 3. The minimum atomic E-state index is -0.697. The van der Waals surface area contributed by atoms with Crippen LogP contribution < -0.4 is 5.32 Å². The van der Waals surface area contributed by atoms with Gasteiger partial charge in [-0.2, -0.15) is 0 Å². The molecule has 8 unspecified atom stereocenters. The highest BCUT2D eigenvalue weighted by atomic mass is 16.5. The minimum Gasteiger partial charge on any atom is -0.462 e. The third-order valence-electron chi connectivity index (χ3n) is 7.93. The standard InChI is InChI=1S/C29H45NO6/c1-6-18(3)29(34)36-26-14-17(2)13-21-8-7-19(4)25(28(21)26)12-11-23(32)15-24(35-20(5)31)16-27(33)30-22-9-10-22/h7-8,13,17-19,22-26,28,32H,6,9-12,14-16H2,1-5H3,(H,30,33). The molecule has 2 N–H and O–H groups in total. The van der Waals surface area contributed by atoms with E-state index in [0.717, 1.165) is 32.1 Å². The fraction of sp³-hybridized carbons (Fsp3) is 0.759. The van der Waals surface area contributed by atoms with Gasteiger partial charge in [0.25, 0.3) is 0 Å². The largest absolute Gasteiger partial charge is 0.462 e. The highest BCUT2D eigenvalue weighted by molar-refractivity contribution is 5.77. The lowest BCUT2D eigenvalue weighted by Crippen LogP contribution is -2.41. The van der Waals surface area contributed by atoms with Gasteiger partial charge in [-0.1, -0.05) is 45.9 Å². The molecule has 0 aromatic rings. The van der Waals surface area contributed by atoms with E-state index in [2.05, 4.69) is 37.4 Å². The molecular weight excluding hydrogens is 458 g/mol. The van der Waals surface area contributed by atoms with Crippen molar-refractivity contribution >= 4 is 17.8 Å². The maximum absolute atomic E-state index is 12.7. The molecule has 0 saturated heterocycles. The van der Waals surface area contributed by atoms with Crippen molar-refractivity contribution in [2.24, 2.45) is 29.6 Å². The van der Waals surface area contributed by atoms with Gasteiger partial charge in [-0.15, -0.1) is 0 Å². The molecule has 0 aliphatic heterocycles. The van der Waals surface area contributed by atoms with Gasteiger partial charge in [0.05, 0.1) is 18.4 Å². The summed E-state index contributed by atoms with van der Waals surface area (Å²) in [6.07, 6.45) is 10.3. The molecule has 0 aromatic carbocycles. The first-order valence-corrected chi connectivity index (χ1v) is 13.8. The number of rotatable bonds is 12. The highest BCUT2D eigenvalue weighted by Crippen LogP contribution is 2.45. The maximum Gasteiger partial charge on any atom is 0.308 e. The lowest BCUT2D eigenvalue weighted by atomic mass is 9.65. The molecular formula is C29H45NO6. The summed E-state index contributed by atoms with van der Waals surface area (Å²) in [4.78, 5) is 36.5. The van der Waals surface area contributed by atoms with Gasteiger partial charge >= 0.3 is 11.9 Å². The van der Waals surface area contributed by atoms with E-state index in [0.29, 0.717) is 12.3 Å². The molecule has 3 aliphatic carbocycles. The number of esters is 2. The molecule has 1 amide bonds. The van der Waals surface area contributed by atoms with Crippen LogP contribution >= 0.6 is 0 Å². The summed E-state index contributed by atoms with van der Waals surface area (Å²) >= 11 is 0. The van der Waals surface area contributed by atoms with Gasteiger partial charge in [0.2, 0.25) is 5.91 Å². The van der Waals surface area contributed by atoms with Crippen LogP contribution in [0.1, 0.15) is 86.0 Å². The Kier molecular flexibility index (Phi) is 10.2. The number of ether oxygens (including phenoxy) is 2. The van der Waals surface area contributed by atoms with Crippen LogP contribution in [0.25, 0.3) is 0 Å². The number of aliphatic hydroxyl groups is 1. The number of fused-ring (bicyclic) bond motifs is 1. The average molecular weight is 504 g/mol. The monoisotopic (exact) mass is 503 g/mol. The third-order valence-corrected chi connectivity index (χ3v) is 7.93. The Balaban J connectivity index is 1.63. The second kappa shape index (κ2) is 12.9. The topological polar surface area (TPSA) is 102 Å². The second-order valence-electron chi connectivity index (χ2n) is 11.3. The third kappa shape index (κ3) is 8.19. The summed E-state index contributed by atoms with van der Waals surface area (Å²) in [5.74, 6) is 0.104. The van der Waals surface area contributed by atoms with Crippen molar-refractivity contribution < 1.29 is 29.0 Å². The lowest BCUT2D eigenvalue weighted by Gasteiger charge is -2.43. The van der Waals surface area contributed by atoms with Crippen LogP contribution in [0.15, 0.2) is 23.8 Å². The van der Waals surface area contributed by atoms with Gasteiger partial charge in [-0.3, -0.25) is 14.4 Å². The van der Waals surface area contributed by atoms with E-state index in [1.54, 1.807) is 0 Å². The lowest BCUT2D eigenvalue weighted by molar-refractivity contribution is -0.158. The van der Waals surface area contributed by atoms with Crippen LogP contribution in [0.4, 0.5) is 0 Å². The van der Waals surface area contributed by atoms with Gasteiger partial charge in [-0.05, 0) is 61.9 Å². The molecule has 36 heavy (non-hydrogen) atoms. The predicted molar refractivity (Wildman–Crippen MR) is 138 cm³/mol. The summed E-state index contributed by atoms with van der Waals surface area (Å²) in [6.45, 7) is 9.57. The molecule has 3 rings (SSSR count). The number of carbonyl (C=O) groups is 3. The van der Waals surface area contributed by atoms with E-state index in [9.17, 15) is 19.5 Å². The molecule has 1 saturated carbocycles. The van der Waals surface area contributed by atoms with Gasteiger partial charge in [-0.25, -0.2) is 0 Å². The van der Waals surface area contributed by atoms with Crippen molar-refractivity contribution in [3.05, 3.63) is 23.8 Å². The van der Waals surface area contributed by atoms with Crippen LogP contribution in [0.5, 0.6) is 0 Å². The van der Waals surface area contributed by atoms with Crippen molar-refractivity contribution in [2.45, 2.75) is 110 Å².